The van der Waals surface area contributed by atoms with Crippen molar-refractivity contribution in [3.05, 3.63) is 114 Å². The lowest BCUT2D eigenvalue weighted by Gasteiger charge is -2.29. The molecule has 2 aliphatic heterocycles. The number of aliphatic imine (C=N–C) groups is 1. The standard InChI is InChI=1S/C33H36N4O5S2/c1-3-27(30(38)23-11-5-4-6-12-23)36(2)33(40)42-18-20-44-43-19-17-41-32(39)35-31-34-22-29-26-15-9-7-13-24(26)21-25-14-8-10-16-28(25)37(29)31/h3-16,27,29-30,38H,1,17-22H2,2H3,(H,34,35,39)/t27-,29?,30-/m0/s1. The molecule has 0 saturated heterocycles. The Kier molecular flexibility index (Phi) is 10.9. The molecule has 3 aromatic carbocycles. The predicted octanol–water partition coefficient (Wildman–Crippen LogP) is 5.97. The third kappa shape index (κ3) is 7.40. The van der Waals surface area contributed by atoms with E-state index < -0.39 is 24.3 Å². The lowest BCUT2D eigenvalue weighted by Crippen LogP contribution is -2.43. The van der Waals surface area contributed by atoms with Crippen molar-refractivity contribution in [2.45, 2.75) is 24.6 Å². The number of carbonyl (C=O) groups excluding carboxylic acids is 2. The van der Waals surface area contributed by atoms with Crippen LogP contribution in [0.2, 0.25) is 0 Å². The smallest absolute Gasteiger partial charge is 0.413 e. The zero-order valence-electron chi connectivity index (χ0n) is 24.5. The van der Waals surface area contributed by atoms with E-state index in [1.807, 2.05) is 36.4 Å². The minimum absolute atomic E-state index is 0.0163. The van der Waals surface area contributed by atoms with Crippen molar-refractivity contribution in [2.75, 3.05) is 43.2 Å². The van der Waals surface area contributed by atoms with Gasteiger partial charge in [0.15, 0.2) is 0 Å². The molecule has 0 fully saturated rings. The number of ether oxygens (including phenoxy) is 2. The van der Waals surface area contributed by atoms with Gasteiger partial charge in [0, 0.05) is 24.2 Å². The highest BCUT2D eigenvalue weighted by Crippen LogP contribution is 2.39. The molecule has 2 N–H and O–H groups in total. The Labute approximate surface area is 265 Å². The third-order valence-electron chi connectivity index (χ3n) is 7.53. The van der Waals surface area contributed by atoms with E-state index in [-0.39, 0.29) is 19.3 Å². The summed E-state index contributed by atoms with van der Waals surface area (Å²) in [5.41, 5.74) is 5.40. The second-order valence-electron chi connectivity index (χ2n) is 10.3. The number of carbonyl (C=O) groups is 2. The van der Waals surface area contributed by atoms with E-state index in [1.165, 1.54) is 49.3 Å². The van der Waals surface area contributed by atoms with Crippen molar-refractivity contribution in [1.82, 2.24) is 10.2 Å². The number of rotatable bonds is 11. The fraction of sp³-hybridized carbons (Fsp3) is 0.303. The number of hydrogen-bond donors (Lipinski definition) is 2. The molecule has 44 heavy (non-hydrogen) atoms. The fourth-order valence-electron chi connectivity index (χ4n) is 5.36. The number of para-hydroxylation sites is 1. The number of likely N-dealkylation sites (N-methyl/N-ethyl adjacent to an activating group) is 1. The molecule has 230 valence electrons. The third-order valence-corrected chi connectivity index (χ3v) is 9.86. The molecule has 3 atom stereocenters. The first-order valence-corrected chi connectivity index (χ1v) is 16.9. The quantitative estimate of drug-likeness (QED) is 0.151. The van der Waals surface area contributed by atoms with Gasteiger partial charge in [0.25, 0.3) is 0 Å². The van der Waals surface area contributed by atoms with Crippen LogP contribution in [0, 0.1) is 0 Å². The maximum atomic E-state index is 12.7. The van der Waals surface area contributed by atoms with E-state index in [0.29, 0.717) is 29.6 Å². The van der Waals surface area contributed by atoms with Crippen LogP contribution in [0.25, 0.3) is 0 Å². The van der Waals surface area contributed by atoms with Crippen LogP contribution in [0.1, 0.15) is 34.4 Å². The second-order valence-corrected chi connectivity index (χ2v) is 13.0. The van der Waals surface area contributed by atoms with Gasteiger partial charge < -0.3 is 24.4 Å². The van der Waals surface area contributed by atoms with Gasteiger partial charge >= 0.3 is 12.2 Å². The molecule has 5 rings (SSSR count). The number of amides is 2. The topological polar surface area (TPSA) is 104 Å². The Balaban J connectivity index is 1.01. The summed E-state index contributed by atoms with van der Waals surface area (Å²) in [6.07, 6.45) is 0.365. The summed E-state index contributed by atoms with van der Waals surface area (Å²) in [6.45, 7) is 4.74. The first-order chi connectivity index (χ1) is 21.5. The first kappa shape index (κ1) is 31.5. The largest absolute Gasteiger partial charge is 0.448 e. The van der Waals surface area contributed by atoms with Crippen molar-refractivity contribution in [2.24, 2.45) is 4.99 Å². The zero-order valence-corrected chi connectivity index (χ0v) is 26.1. The van der Waals surface area contributed by atoms with Crippen LogP contribution in [-0.4, -0.2) is 72.5 Å². The van der Waals surface area contributed by atoms with Crippen LogP contribution in [0.3, 0.4) is 0 Å². The van der Waals surface area contributed by atoms with Crippen LogP contribution in [0.15, 0.2) is 96.5 Å². The summed E-state index contributed by atoms with van der Waals surface area (Å²) in [5, 5.41) is 13.5. The number of fused-ring (bicyclic) bond motifs is 5. The molecular formula is C33H36N4O5S2. The number of benzene rings is 3. The van der Waals surface area contributed by atoms with Gasteiger partial charge in [0.05, 0.1) is 18.6 Å². The molecule has 11 heteroatoms. The molecule has 0 spiro atoms. The van der Waals surface area contributed by atoms with Gasteiger partial charge in [-0.05, 0) is 34.7 Å². The minimum Gasteiger partial charge on any atom is -0.448 e. The average molecular weight is 633 g/mol. The second kappa shape index (κ2) is 15.2. The molecule has 0 saturated carbocycles. The van der Waals surface area contributed by atoms with Crippen molar-refractivity contribution < 1.29 is 24.2 Å². The summed E-state index contributed by atoms with van der Waals surface area (Å²) in [6, 6.07) is 25.1. The number of aliphatic hydroxyl groups excluding tert-OH is 1. The van der Waals surface area contributed by atoms with E-state index in [1.54, 1.807) is 19.2 Å². The fourth-order valence-corrected chi connectivity index (χ4v) is 7.02. The van der Waals surface area contributed by atoms with Crippen molar-refractivity contribution in [3.63, 3.8) is 0 Å². The van der Waals surface area contributed by atoms with Gasteiger partial charge in [-0.2, -0.15) is 0 Å². The molecule has 0 aliphatic carbocycles. The molecule has 0 aromatic heterocycles. The molecule has 0 bridgehead atoms. The Morgan fingerprint density at radius 2 is 1.68 bits per heavy atom. The summed E-state index contributed by atoms with van der Waals surface area (Å²) >= 11 is 0. The van der Waals surface area contributed by atoms with Gasteiger partial charge in [0.1, 0.15) is 19.3 Å². The Bertz CT molecular complexity index is 1490. The van der Waals surface area contributed by atoms with Crippen molar-refractivity contribution in [3.8, 4) is 0 Å². The minimum atomic E-state index is -0.910. The van der Waals surface area contributed by atoms with Crippen molar-refractivity contribution >= 4 is 45.4 Å². The maximum absolute atomic E-state index is 12.7. The Hall–Kier alpha value is -3.93. The van der Waals surface area contributed by atoms with Crippen LogP contribution in [0.4, 0.5) is 15.3 Å². The van der Waals surface area contributed by atoms with E-state index in [9.17, 15) is 14.7 Å². The number of hydrogen-bond acceptors (Lipinski definition) is 9. The number of alkyl carbamates (subject to hydrolysis) is 1. The molecule has 2 heterocycles. The molecule has 3 aromatic rings. The zero-order chi connectivity index (χ0) is 30.9. The van der Waals surface area contributed by atoms with Gasteiger partial charge in [-0.3, -0.25) is 5.32 Å². The number of anilines is 1. The summed E-state index contributed by atoms with van der Waals surface area (Å²) < 4.78 is 10.8. The lowest BCUT2D eigenvalue weighted by atomic mass is 9.97. The Morgan fingerprint density at radius 3 is 2.43 bits per heavy atom. The maximum Gasteiger partial charge on any atom is 0.413 e. The molecule has 9 nitrogen and oxygen atoms in total. The van der Waals surface area contributed by atoms with Gasteiger partial charge in [-0.1, -0.05) is 100 Å². The van der Waals surface area contributed by atoms with E-state index in [2.05, 4.69) is 52.1 Å². The predicted molar refractivity (Wildman–Crippen MR) is 177 cm³/mol. The molecule has 0 radical (unpaired) electrons. The SMILES string of the molecule is C=C[C@@H]([C@@H](O)c1ccccc1)N(C)C(=O)OCCSSCCOC(=O)NC1=NCC2c3ccccc3Cc3ccccc3N12. The highest BCUT2D eigenvalue weighted by atomic mass is 33.1. The number of nitrogens with one attached hydrogen (secondary N) is 1. The van der Waals surface area contributed by atoms with E-state index >= 15 is 0 Å². The Morgan fingerprint density at radius 1 is 1.02 bits per heavy atom. The molecule has 2 amide bonds. The van der Waals surface area contributed by atoms with Gasteiger partial charge in [-0.25, -0.2) is 14.6 Å². The van der Waals surface area contributed by atoms with Gasteiger partial charge in [-0.15, -0.1) is 6.58 Å². The molecule has 1 unspecified atom stereocenters. The number of nitrogens with zero attached hydrogens (tertiary/aromatic N) is 3. The number of guanidine groups is 1. The highest BCUT2D eigenvalue weighted by Gasteiger charge is 2.36. The van der Waals surface area contributed by atoms with Crippen LogP contribution in [0.5, 0.6) is 0 Å². The van der Waals surface area contributed by atoms with Gasteiger partial charge in [0.2, 0.25) is 5.96 Å². The normalized spacial score (nSPS) is 16.3. The highest BCUT2D eigenvalue weighted by molar-refractivity contribution is 8.76. The van der Waals surface area contributed by atoms with E-state index in [0.717, 1.165) is 12.1 Å². The lowest BCUT2D eigenvalue weighted by molar-refractivity contribution is 0.0635. The van der Waals surface area contributed by atoms with Crippen LogP contribution in [-0.2, 0) is 15.9 Å². The summed E-state index contributed by atoms with van der Waals surface area (Å²) in [4.78, 5) is 33.3. The summed E-state index contributed by atoms with van der Waals surface area (Å²) in [7, 11) is 4.62. The average Bonchev–Trinajstić information content (AvgIpc) is 3.39. The van der Waals surface area contributed by atoms with Crippen molar-refractivity contribution in [1.29, 1.82) is 0 Å². The monoisotopic (exact) mass is 632 g/mol. The van der Waals surface area contributed by atoms with E-state index in [4.69, 9.17) is 9.47 Å². The first-order valence-electron chi connectivity index (χ1n) is 14.4. The number of aliphatic hydroxyl groups is 1. The summed E-state index contributed by atoms with van der Waals surface area (Å²) in [5.74, 6) is 1.63. The van der Waals surface area contributed by atoms with Crippen LogP contribution >= 0.6 is 21.6 Å². The van der Waals surface area contributed by atoms with Crippen LogP contribution < -0.4 is 10.2 Å². The molecular weight excluding hydrogens is 597 g/mol. The molecule has 2 aliphatic rings.